The van der Waals surface area contributed by atoms with Gasteiger partial charge >= 0.3 is 0 Å². The Morgan fingerprint density at radius 3 is 2.82 bits per heavy atom. The Hall–Kier alpha value is -1.37. The topological polar surface area (TPSA) is 55.1 Å². The summed E-state index contributed by atoms with van der Waals surface area (Å²) in [5.41, 5.74) is 6.23. The number of nitrogens with two attached hydrogens (primary N) is 1. The van der Waals surface area contributed by atoms with Crippen molar-refractivity contribution >= 4 is 34.8 Å². The number of nitrogen functional groups attached to an aromatic ring is 1. The fourth-order valence-corrected chi connectivity index (χ4v) is 1.73. The number of amides is 1. The van der Waals surface area contributed by atoms with Gasteiger partial charge < -0.3 is 11.1 Å². The minimum Gasteiger partial charge on any atom is -0.399 e. The minimum atomic E-state index is -0.341. The van der Waals surface area contributed by atoms with Crippen LogP contribution in [0.25, 0.3) is 0 Å². The van der Waals surface area contributed by atoms with Crippen LogP contribution in [-0.4, -0.2) is 11.9 Å². The number of anilines is 1. The molecule has 0 fully saturated rings. The van der Waals surface area contributed by atoms with E-state index in [1.54, 1.807) is 6.92 Å². The van der Waals surface area contributed by atoms with Crippen LogP contribution in [0.5, 0.6) is 0 Å². The first-order chi connectivity index (χ1) is 7.95. The zero-order chi connectivity index (χ0) is 13.0. The van der Waals surface area contributed by atoms with Crippen LogP contribution in [0.15, 0.2) is 12.1 Å². The molecule has 0 saturated carbocycles. The first-order valence-electron chi connectivity index (χ1n) is 4.94. The molecule has 0 bridgehead atoms. The van der Waals surface area contributed by atoms with E-state index in [4.69, 9.17) is 35.4 Å². The molecule has 17 heavy (non-hydrogen) atoms. The molecule has 90 valence electrons. The maximum absolute atomic E-state index is 11.9. The lowest BCUT2D eigenvalue weighted by Crippen LogP contribution is -2.32. The van der Waals surface area contributed by atoms with Crippen molar-refractivity contribution in [1.29, 1.82) is 0 Å². The molecule has 1 aromatic rings. The largest absolute Gasteiger partial charge is 0.399 e. The Labute approximate surface area is 110 Å². The molecule has 3 N–H and O–H groups in total. The molecule has 1 aromatic carbocycles. The van der Waals surface area contributed by atoms with Gasteiger partial charge in [0.1, 0.15) is 0 Å². The van der Waals surface area contributed by atoms with Crippen LogP contribution in [0.1, 0.15) is 23.7 Å². The Morgan fingerprint density at radius 2 is 2.24 bits per heavy atom. The van der Waals surface area contributed by atoms with Gasteiger partial charge in [0.05, 0.1) is 15.6 Å². The molecule has 0 aromatic heterocycles. The van der Waals surface area contributed by atoms with Crippen molar-refractivity contribution < 1.29 is 4.79 Å². The van der Waals surface area contributed by atoms with Gasteiger partial charge in [0, 0.05) is 18.2 Å². The molecule has 0 aliphatic rings. The number of hydrogen-bond donors (Lipinski definition) is 2. The Balaban J connectivity index is 2.94. The smallest absolute Gasteiger partial charge is 0.253 e. The molecule has 1 rings (SSSR count). The predicted octanol–water partition coefficient (Wildman–Crippen LogP) is 2.72. The lowest BCUT2D eigenvalue weighted by molar-refractivity contribution is 0.0941. The second-order valence-corrected chi connectivity index (χ2v) is 4.43. The van der Waals surface area contributed by atoms with Crippen LogP contribution < -0.4 is 11.1 Å². The van der Waals surface area contributed by atoms with Gasteiger partial charge in [-0.2, -0.15) is 0 Å². The molecule has 0 saturated heterocycles. The number of hydrogen-bond acceptors (Lipinski definition) is 2. The van der Waals surface area contributed by atoms with Gasteiger partial charge in [0.15, 0.2) is 0 Å². The monoisotopic (exact) mass is 270 g/mol. The van der Waals surface area contributed by atoms with Crippen LogP contribution in [0.3, 0.4) is 0 Å². The second kappa shape index (κ2) is 5.81. The quantitative estimate of drug-likeness (QED) is 0.656. The molecule has 3 nitrogen and oxygen atoms in total. The average Bonchev–Trinajstić information content (AvgIpc) is 2.23. The summed E-state index contributed by atoms with van der Waals surface area (Å²) >= 11 is 11.8. The number of carbonyl (C=O) groups excluding carboxylic acids is 1. The zero-order valence-electron chi connectivity index (χ0n) is 9.26. The van der Waals surface area contributed by atoms with E-state index >= 15 is 0 Å². The summed E-state index contributed by atoms with van der Waals surface area (Å²) in [6, 6.07) is 2.83. The maximum Gasteiger partial charge on any atom is 0.253 e. The molecule has 1 unspecified atom stereocenters. The van der Waals surface area contributed by atoms with E-state index in [2.05, 4.69) is 11.2 Å². The Morgan fingerprint density at radius 1 is 1.59 bits per heavy atom. The standard InChI is InChI=1S/C12H12Cl2N2O/c1-3-4-7(2)16-12(17)9-5-8(15)6-10(13)11(9)14/h1,5-7H,4,15H2,2H3,(H,16,17). The van der Waals surface area contributed by atoms with Crippen LogP contribution >= 0.6 is 23.2 Å². The summed E-state index contributed by atoms with van der Waals surface area (Å²) in [5.74, 6) is 2.12. The van der Waals surface area contributed by atoms with E-state index in [-0.39, 0.29) is 27.6 Å². The van der Waals surface area contributed by atoms with Crippen LogP contribution in [-0.2, 0) is 0 Å². The summed E-state index contributed by atoms with van der Waals surface area (Å²) in [6.45, 7) is 1.81. The molecule has 0 radical (unpaired) electrons. The molecule has 5 heteroatoms. The molecule has 0 aliphatic heterocycles. The summed E-state index contributed by atoms with van der Waals surface area (Å²) in [7, 11) is 0. The maximum atomic E-state index is 11.9. The lowest BCUT2D eigenvalue weighted by Gasteiger charge is -2.12. The van der Waals surface area contributed by atoms with Gasteiger partial charge in [-0.1, -0.05) is 23.2 Å². The van der Waals surface area contributed by atoms with Crippen molar-refractivity contribution in [3.8, 4) is 12.3 Å². The van der Waals surface area contributed by atoms with Crippen molar-refractivity contribution in [3.63, 3.8) is 0 Å². The highest BCUT2D eigenvalue weighted by Crippen LogP contribution is 2.28. The fraction of sp³-hybridized carbons (Fsp3) is 0.250. The van der Waals surface area contributed by atoms with Gasteiger partial charge in [0.2, 0.25) is 0 Å². The molecular formula is C12H12Cl2N2O. The SMILES string of the molecule is C#CCC(C)NC(=O)c1cc(N)cc(Cl)c1Cl. The third-order valence-electron chi connectivity index (χ3n) is 2.10. The average molecular weight is 271 g/mol. The van der Waals surface area contributed by atoms with Crippen LogP contribution in [0, 0.1) is 12.3 Å². The van der Waals surface area contributed by atoms with E-state index in [9.17, 15) is 4.79 Å². The third kappa shape index (κ3) is 3.55. The molecule has 0 aliphatic carbocycles. The van der Waals surface area contributed by atoms with Crippen molar-refractivity contribution in [2.75, 3.05) is 5.73 Å². The lowest BCUT2D eigenvalue weighted by atomic mass is 10.1. The van der Waals surface area contributed by atoms with Gasteiger partial charge in [-0.25, -0.2) is 0 Å². The van der Waals surface area contributed by atoms with Crippen molar-refractivity contribution in [1.82, 2.24) is 5.32 Å². The van der Waals surface area contributed by atoms with E-state index in [0.717, 1.165) is 0 Å². The number of carbonyl (C=O) groups is 1. The molecule has 0 spiro atoms. The van der Waals surface area contributed by atoms with Gasteiger partial charge in [0.25, 0.3) is 5.91 Å². The summed E-state index contributed by atoms with van der Waals surface area (Å²) in [4.78, 5) is 11.9. The molecule has 0 heterocycles. The van der Waals surface area contributed by atoms with Gasteiger partial charge in [-0.3, -0.25) is 4.79 Å². The number of nitrogens with one attached hydrogen (secondary N) is 1. The summed E-state index contributed by atoms with van der Waals surface area (Å²) < 4.78 is 0. The van der Waals surface area contributed by atoms with E-state index in [0.29, 0.717) is 12.1 Å². The van der Waals surface area contributed by atoms with Crippen LogP contribution in [0.4, 0.5) is 5.69 Å². The summed E-state index contributed by atoms with van der Waals surface area (Å²) in [6.07, 6.45) is 5.60. The Bertz CT molecular complexity index is 480. The minimum absolute atomic E-state index is 0.135. The number of benzene rings is 1. The third-order valence-corrected chi connectivity index (χ3v) is 2.90. The number of terminal acetylenes is 1. The van der Waals surface area contributed by atoms with Crippen molar-refractivity contribution in [2.45, 2.75) is 19.4 Å². The highest BCUT2D eigenvalue weighted by Gasteiger charge is 2.15. The van der Waals surface area contributed by atoms with E-state index in [1.807, 2.05) is 0 Å². The normalized spacial score (nSPS) is 11.6. The Kier molecular flexibility index (Phi) is 4.68. The van der Waals surface area contributed by atoms with E-state index < -0.39 is 0 Å². The first-order valence-corrected chi connectivity index (χ1v) is 5.70. The predicted molar refractivity (Wildman–Crippen MR) is 71.3 cm³/mol. The second-order valence-electron chi connectivity index (χ2n) is 3.65. The highest BCUT2D eigenvalue weighted by atomic mass is 35.5. The van der Waals surface area contributed by atoms with Crippen molar-refractivity contribution in [2.24, 2.45) is 0 Å². The van der Waals surface area contributed by atoms with Crippen molar-refractivity contribution in [3.05, 3.63) is 27.7 Å². The molecule has 1 amide bonds. The highest BCUT2D eigenvalue weighted by molar-refractivity contribution is 6.44. The fourth-order valence-electron chi connectivity index (χ4n) is 1.30. The number of rotatable bonds is 3. The summed E-state index contributed by atoms with van der Waals surface area (Å²) in [5, 5.41) is 3.15. The molecule has 1 atom stereocenters. The van der Waals surface area contributed by atoms with Gasteiger partial charge in [-0.15, -0.1) is 12.3 Å². The first kappa shape index (κ1) is 13.7. The number of halogens is 2. The van der Waals surface area contributed by atoms with Crippen LogP contribution in [0.2, 0.25) is 10.0 Å². The van der Waals surface area contributed by atoms with E-state index in [1.165, 1.54) is 12.1 Å². The molecular weight excluding hydrogens is 259 g/mol. The zero-order valence-corrected chi connectivity index (χ0v) is 10.8. The van der Waals surface area contributed by atoms with Gasteiger partial charge in [-0.05, 0) is 19.1 Å².